The first-order valence-corrected chi connectivity index (χ1v) is 11.2. The summed E-state index contributed by atoms with van der Waals surface area (Å²) in [5, 5.41) is 22.9. The van der Waals surface area contributed by atoms with E-state index in [0.717, 1.165) is 23.1 Å². The Balaban J connectivity index is 1.41. The minimum absolute atomic E-state index is 0.148. The number of aliphatic hydroxyl groups excluding tert-OH is 2. The summed E-state index contributed by atoms with van der Waals surface area (Å²) in [7, 11) is 0. The number of nitrogen functional groups attached to an aromatic ring is 1. The molecule has 1 aromatic carbocycles. The number of pyridine rings is 1. The molecule has 7 nitrogen and oxygen atoms in total. The molecular formula is C24H23ClFN5O2. The predicted octanol–water partition coefficient (Wildman–Crippen LogP) is 3.75. The minimum Gasteiger partial charge on any atom is -0.388 e. The fraction of sp³-hybridized carbons (Fsp3) is 0.292. The van der Waals surface area contributed by atoms with Gasteiger partial charge in [-0.3, -0.25) is 0 Å². The van der Waals surface area contributed by atoms with Crippen LogP contribution in [0.2, 0.25) is 5.02 Å². The molecule has 0 saturated carbocycles. The number of aliphatic hydroxyl groups is 2. The molecule has 3 atom stereocenters. The summed E-state index contributed by atoms with van der Waals surface area (Å²) >= 11 is 5.96. The maximum absolute atomic E-state index is 14.6. The van der Waals surface area contributed by atoms with Crippen LogP contribution < -0.4 is 5.73 Å². The second-order valence-electron chi connectivity index (χ2n) is 8.30. The molecule has 0 fully saturated rings. The largest absolute Gasteiger partial charge is 0.388 e. The molecule has 0 saturated heterocycles. The molecule has 0 amide bonds. The van der Waals surface area contributed by atoms with Gasteiger partial charge in [0.2, 0.25) is 0 Å². The highest BCUT2D eigenvalue weighted by Gasteiger charge is 2.36. The summed E-state index contributed by atoms with van der Waals surface area (Å²) in [5.41, 5.74) is 9.26. The van der Waals surface area contributed by atoms with Gasteiger partial charge >= 0.3 is 0 Å². The van der Waals surface area contributed by atoms with Crippen molar-refractivity contribution in [1.29, 1.82) is 0 Å². The van der Waals surface area contributed by atoms with Crippen molar-refractivity contribution in [2.75, 3.05) is 5.73 Å². The van der Waals surface area contributed by atoms with Crippen molar-refractivity contribution in [3.8, 4) is 0 Å². The second kappa shape index (κ2) is 8.37. The van der Waals surface area contributed by atoms with Gasteiger partial charge in [0.05, 0.1) is 22.3 Å². The number of benzene rings is 1. The van der Waals surface area contributed by atoms with Crippen molar-refractivity contribution >= 4 is 39.4 Å². The van der Waals surface area contributed by atoms with Crippen LogP contribution in [0.3, 0.4) is 0 Å². The van der Waals surface area contributed by atoms with Gasteiger partial charge in [0, 0.05) is 17.0 Å². The van der Waals surface area contributed by atoms with Gasteiger partial charge in [-0.2, -0.15) is 0 Å². The van der Waals surface area contributed by atoms with E-state index >= 15 is 0 Å². The van der Waals surface area contributed by atoms with E-state index in [1.807, 2.05) is 29.8 Å². The standard InChI is InChI=1S/C24H23ClFN5O2/c1-2-18-14-5-6-31(24(14)29-11-28-18)20-9-13(21(32)22(20)33)4-3-12-7-17(26)15-10-16(25)23(27)30-19(15)8-12/h5-11,20-22,32-33H,2-4H2,1H3,(H2,27,30). The van der Waals surface area contributed by atoms with Gasteiger partial charge < -0.3 is 20.5 Å². The third-order valence-corrected chi connectivity index (χ3v) is 6.62. The van der Waals surface area contributed by atoms with Gasteiger partial charge in [0.15, 0.2) is 0 Å². The Morgan fingerprint density at radius 3 is 2.76 bits per heavy atom. The molecule has 4 N–H and O–H groups in total. The first kappa shape index (κ1) is 21.8. The molecule has 0 radical (unpaired) electrons. The molecular weight excluding hydrogens is 445 g/mol. The van der Waals surface area contributed by atoms with E-state index in [1.54, 1.807) is 6.07 Å². The SMILES string of the molecule is CCc1ncnc2c1ccn2C1C=C(CCc2cc(F)c3cc(Cl)c(N)nc3c2)C(O)C1O. The average Bonchev–Trinajstić information content (AvgIpc) is 3.35. The van der Waals surface area contributed by atoms with Crippen molar-refractivity contribution < 1.29 is 14.6 Å². The Morgan fingerprint density at radius 1 is 1.15 bits per heavy atom. The van der Waals surface area contributed by atoms with Crippen molar-refractivity contribution in [1.82, 2.24) is 19.5 Å². The zero-order chi connectivity index (χ0) is 23.3. The Bertz CT molecular complexity index is 1400. The summed E-state index contributed by atoms with van der Waals surface area (Å²) in [4.78, 5) is 12.9. The van der Waals surface area contributed by atoms with E-state index in [4.69, 9.17) is 17.3 Å². The highest BCUT2D eigenvalue weighted by molar-refractivity contribution is 6.33. The number of aryl methyl sites for hydroxylation is 2. The quantitative estimate of drug-likeness (QED) is 0.385. The van der Waals surface area contributed by atoms with Crippen LogP contribution in [0.1, 0.15) is 30.6 Å². The highest BCUT2D eigenvalue weighted by Crippen LogP contribution is 2.35. The van der Waals surface area contributed by atoms with Crippen LogP contribution in [0.5, 0.6) is 0 Å². The van der Waals surface area contributed by atoms with E-state index in [9.17, 15) is 14.6 Å². The van der Waals surface area contributed by atoms with E-state index in [0.29, 0.717) is 34.9 Å². The summed E-state index contributed by atoms with van der Waals surface area (Å²) in [6, 6.07) is 6.15. The highest BCUT2D eigenvalue weighted by atomic mass is 35.5. The molecule has 0 aliphatic heterocycles. The number of rotatable bonds is 5. The number of nitrogens with two attached hydrogens (primary N) is 1. The van der Waals surface area contributed by atoms with Crippen molar-refractivity contribution in [3.63, 3.8) is 0 Å². The summed E-state index contributed by atoms with van der Waals surface area (Å²) in [5.74, 6) is -0.282. The summed E-state index contributed by atoms with van der Waals surface area (Å²) < 4.78 is 16.5. The van der Waals surface area contributed by atoms with Crippen molar-refractivity contribution in [2.45, 2.75) is 44.4 Å². The Morgan fingerprint density at radius 2 is 1.97 bits per heavy atom. The predicted molar refractivity (Wildman–Crippen MR) is 125 cm³/mol. The lowest BCUT2D eigenvalue weighted by molar-refractivity contribution is 0.0317. The molecule has 1 aliphatic carbocycles. The Labute approximate surface area is 194 Å². The lowest BCUT2D eigenvalue weighted by atomic mass is 10.0. The molecule has 0 bridgehead atoms. The summed E-state index contributed by atoms with van der Waals surface area (Å²) in [6.07, 6.45) is 4.92. The fourth-order valence-corrected chi connectivity index (χ4v) is 4.71. The van der Waals surface area contributed by atoms with E-state index < -0.39 is 24.1 Å². The van der Waals surface area contributed by atoms with Crippen LogP contribution in [0, 0.1) is 5.82 Å². The first-order valence-electron chi connectivity index (χ1n) is 10.8. The van der Waals surface area contributed by atoms with Crippen LogP contribution in [-0.2, 0) is 12.8 Å². The molecule has 3 unspecified atom stereocenters. The van der Waals surface area contributed by atoms with Crippen molar-refractivity contribution in [2.24, 2.45) is 0 Å². The number of nitrogens with zero attached hydrogens (tertiary/aromatic N) is 4. The van der Waals surface area contributed by atoms with E-state index in [1.165, 1.54) is 18.5 Å². The molecule has 9 heteroatoms. The van der Waals surface area contributed by atoms with Gasteiger partial charge in [-0.05, 0) is 54.7 Å². The molecule has 3 aromatic heterocycles. The molecule has 3 heterocycles. The van der Waals surface area contributed by atoms with Crippen molar-refractivity contribution in [3.05, 3.63) is 70.5 Å². The Hall–Kier alpha value is -3.07. The number of halogens is 2. The first-order chi connectivity index (χ1) is 15.9. The topological polar surface area (TPSA) is 110 Å². The monoisotopic (exact) mass is 467 g/mol. The van der Waals surface area contributed by atoms with Crippen LogP contribution >= 0.6 is 11.6 Å². The maximum atomic E-state index is 14.6. The lowest BCUT2D eigenvalue weighted by Gasteiger charge is -2.19. The van der Waals surface area contributed by atoms with Gasteiger partial charge in [-0.1, -0.05) is 24.6 Å². The number of anilines is 1. The lowest BCUT2D eigenvalue weighted by Crippen LogP contribution is -2.29. The van der Waals surface area contributed by atoms with Crippen LogP contribution in [0.15, 0.2) is 48.4 Å². The Kier molecular flexibility index (Phi) is 5.52. The number of hydrogen-bond donors (Lipinski definition) is 3. The third-order valence-electron chi connectivity index (χ3n) is 6.31. The summed E-state index contributed by atoms with van der Waals surface area (Å²) in [6.45, 7) is 2.03. The third kappa shape index (κ3) is 3.74. The number of hydrogen-bond acceptors (Lipinski definition) is 6. The van der Waals surface area contributed by atoms with Crippen LogP contribution in [-0.4, -0.2) is 41.9 Å². The van der Waals surface area contributed by atoms with Gasteiger partial charge in [-0.25, -0.2) is 19.3 Å². The smallest absolute Gasteiger partial charge is 0.144 e. The fourth-order valence-electron chi connectivity index (χ4n) is 4.55. The van der Waals surface area contributed by atoms with Gasteiger partial charge in [0.1, 0.15) is 35.8 Å². The molecule has 170 valence electrons. The van der Waals surface area contributed by atoms with Gasteiger partial charge in [-0.15, -0.1) is 0 Å². The zero-order valence-corrected chi connectivity index (χ0v) is 18.7. The molecule has 5 rings (SSSR count). The second-order valence-corrected chi connectivity index (χ2v) is 8.71. The zero-order valence-electron chi connectivity index (χ0n) is 17.9. The van der Waals surface area contributed by atoms with E-state index in [2.05, 4.69) is 15.0 Å². The normalized spacial score (nSPS) is 20.6. The molecule has 4 aromatic rings. The van der Waals surface area contributed by atoms with Crippen LogP contribution in [0.25, 0.3) is 21.9 Å². The average molecular weight is 468 g/mol. The molecule has 0 spiro atoms. The molecule has 33 heavy (non-hydrogen) atoms. The van der Waals surface area contributed by atoms with Gasteiger partial charge in [0.25, 0.3) is 0 Å². The molecule has 1 aliphatic rings. The van der Waals surface area contributed by atoms with Crippen LogP contribution in [0.4, 0.5) is 10.2 Å². The number of aromatic nitrogens is 4. The number of fused-ring (bicyclic) bond motifs is 2. The van der Waals surface area contributed by atoms with E-state index in [-0.39, 0.29) is 10.8 Å². The minimum atomic E-state index is -1.02. The maximum Gasteiger partial charge on any atom is 0.144 e.